The second-order valence-corrected chi connectivity index (χ2v) is 1.71. The van der Waals surface area contributed by atoms with E-state index in [4.69, 9.17) is 0 Å². The third-order valence-corrected chi connectivity index (χ3v) is 0.929. The van der Waals surface area contributed by atoms with Crippen LogP contribution in [0.25, 0.3) is 0 Å². The van der Waals surface area contributed by atoms with Gasteiger partial charge in [-0.1, -0.05) is 12.6 Å². The fourth-order valence-electron chi connectivity index (χ4n) is 0.188. The number of carbonyl (C=O) groups is 2. The minimum atomic E-state index is -0.954. The molecular weight excluding hydrogens is 158 g/mol. The van der Waals surface area contributed by atoms with Gasteiger partial charge in [0, 0.05) is 7.05 Å². The van der Waals surface area contributed by atoms with Crippen molar-refractivity contribution in [2.24, 2.45) is 0 Å². The van der Waals surface area contributed by atoms with Gasteiger partial charge in [-0.2, -0.15) is 5.06 Å². The summed E-state index contributed by atoms with van der Waals surface area (Å²) in [7, 11) is 2.38. The molecule has 0 aliphatic carbocycles. The van der Waals surface area contributed by atoms with Gasteiger partial charge < -0.3 is 9.57 Å². The van der Waals surface area contributed by atoms with Crippen molar-refractivity contribution < 1.29 is 19.2 Å². The molecule has 0 unspecified atom stereocenters. The zero-order chi connectivity index (χ0) is 8.15. The van der Waals surface area contributed by atoms with E-state index in [1.807, 2.05) is 0 Å². The van der Waals surface area contributed by atoms with Crippen LogP contribution in [-0.4, -0.2) is 30.6 Å². The second kappa shape index (κ2) is 3.99. The Hall–Kier alpha value is -0.910. The maximum atomic E-state index is 10.3. The quantitative estimate of drug-likeness (QED) is 0.325. The number of methoxy groups -OCH3 is 1. The Morgan fingerprint density at radius 3 is 2.30 bits per heavy atom. The summed E-state index contributed by atoms with van der Waals surface area (Å²) in [5.41, 5.74) is 0. The molecular formula is C4H7NO4S. The smallest absolute Gasteiger partial charge is 0.436 e. The van der Waals surface area contributed by atoms with Crippen LogP contribution in [0.5, 0.6) is 0 Å². The number of ether oxygens (including phenoxy) is 1. The molecule has 0 radical (unpaired) electrons. The molecule has 58 valence electrons. The Labute approximate surface area is 63.3 Å². The number of hydrogen-bond acceptors (Lipinski definition) is 4. The topological polar surface area (TPSA) is 55.8 Å². The minimum absolute atomic E-state index is 0.648. The van der Waals surface area contributed by atoms with Gasteiger partial charge in [-0.3, -0.25) is 4.79 Å². The summed E-state index contributed by atoms with van der Waals surface area (Å²) in [4.78, 5) is 24.7. The van der Waals surface area contributed by atoms with Gasteiger partial charge in [0.15, 0.2) is 0 Å². The lowest BCUT2D eigenvalue weighted by molar-refractivity contribution is -0.0619. The number of hydroxylamine groups is 2. The molecule has 0 aliphatic heterocycles. The van der Waals surface area contributed by atoms with E-state index in [1.54, 1.807) is 0 Å². The van der Waals surface area contributed by atoms with Crippen LogP contribution in [0.3, 0.4) is 0 Å². The number of nitrogens with zero attached hydrogens (tertiary/aromatic N) is 1. The third-order valence-electron chi connectivity index (χ3n) is 0.648. The molecule has 0 aromatic carbocycles. The minimum Gasteiger partial charge on any atom is -0.436 e. The average Bonchev–Trinajstić information content (AvgIpc) is 1.87. The van der Waals surface area contributed by atoms with E-state index in [9.17, 15) is 9.59 Å². The highest BCUT2D eigenvalue weighted by Gasteiger charge is 2.09. The molecule has 0 fully saturated rings. The first-order valence-corrected chi connectivity index (χ1v) is 2.75. The first-order valence-electron chi connectivity index (χ1n) is 2.30. The zero-order valence-corrected chi connectivity index (χ0v) is 6.42. The molecule has 0 aromatic heterocycles. The lowest BCUT2D eigenvalue weighted by Crippen LogP contribution is -2.25. The monoisotopic (exact) mass is 165 g/mol. The third kappa shape index (κ3) is 3.18. The number of thiol groups is 1. The molecule has 0 atom stereocenters. The maximum Gasteiger partial charge on any atom is 0.533 e. The summed E-state index contributed by atoms with van der Waals surface area (Å²) in [6, 6.07) is 0. The molecule has 0 saturated carbocycles. The van der Waals surface area contributed by atoms with E-state index in [1.165, 1.54) is 7.05 Å². The van der Waals surface area contributed by atoms with E-state index in [-0.39, 0.29) is 0 Å². The predicted molar refractivity (Wildman–Crippen MR) is 35.6 cm³/mol. The van der Waals surface area contributed by atoms with Gasteiger partial charge in [0.25, 0.3) is 0 Å². The Kier molecular flexibility index (Phi) is 3.63. The van der Waals surface area contributed by atoms with Crippen LogP contribution in [0.1, 0.15) is 0 Å². The molecule has 10 heavy (non-hydrogen) atoms. The highest BCUT2D eigenvalue weighted by Crippen LogP contribution is 1.93. The normalized spacial score (nSPS) is 8.30. The largest absolute Gasteiger partial charge is 0.533 e. The fourth-order valence-corrected chi connectivity index (χ4v) is 0.229. The molecule has 1 amide bonds. The molecule has 5 nitrogen and oxygen atoms in total. The molecule has 0 spiro atoms. The van der Waals surface area contributed by atoms with Crippen molar-refractivity contribution in [3.63, 3.8) is 0 Å². The standard InChI is InChI=1S/C4H7NO4S/c1-5(3(6)10)9-4(7)8-2/h1-2H3,(H,6,10). The predicted octanol–water partition coefficient (Wildman–Crippen LogP) is 0.666. The van der Waals surface area contributed by atoms with E-state index in [2.05, 4.69) is 22.2 Å². The molecule has 0 rings (SSSR count). The van der Waals surface area contributed by atoms with Gasteiger partial charge >= 0.3 is 11.4 Å². The molecule has 0 bridgehead atoms. The summed E-state index contributed by atoms with van der Waals surface area (Å²) in [5.74, 6) is 0. The molecule has 0 heterocycles. The van der Waals surface area contributed by atoms with Crippen LogP contribution in [-0.2, 0) is 9.57 Å². The van der Waals surface area contributed by atoms with Crippen LogP contribution < -0.4 is 0 Å². The molecule has 0 aliphatic rings. The number of amides is 1. The molecule has 6 heteroatoms. The van der Waals surface area contributed by atoms with Crippen molar-refractivity contribution in [2.75, 3.05) is 14.2 Å². The van der Waals surface area contributed by atoms with Gasteiger partial charge in [-0.15, -0.1) is 0 Å². The van der Waals surface area contributed by atoms with Gasteiger partial charge in [-0.05, 0) is 0 Å². The highest BCUT2D eigenvalue weighted by atomic mass is 32.1. The number of rotatable bonds is 0. The van der Waals surface area contributed by atoms with E-state index in [0.29, 0.717) is 5.06 Å². The van der Waals surface area contributed by atoms with Crippen molar-refractivity contribution >= 4 is 24.0 Å². The average molecular weight is 165 g/mol. The first-order chi connectivity index (χ1) is 4.57. The van der Waals surface area contributed by atoms with Crippen molar-refractivity contribution in [1.29, 1.82) is 0 Å². The van der Waals surface area contributed by atoms with Gasteiger partial charge in [0.1, 0.15) is 0 Å². The van der Waals surface area contributed by atoms with E-state index < -0.39 is 11.4 Å². The van der Waals surface area contributed by atoms with Crippen LogP contribution in [0, 0.1) is 0 Å². The zero-order valence-electron chi connectivity index (χ0n) is 5.53. The fraction of sp³-hybridized carbons (Fsp3) is 0.500. The lowest BCUT2D eigenvalue weighted by Gasteiger charge is -2.10. The number of carbonyl (C=O) groups excluding carboxylic acids is 2. The van der Waals surface area contributed by atoms with Crippen LogP contribution in [0.2, 0.25) is 0 Å². The molecule has 0 N–H and O–H groups in total. The Bertz CT molecular complexity index is 148. The first kappa shape index (κ1) is 9.09. The van der Waals surface area contributed by atoms with E-state index >= 15 is 0 Å². The maximum absolute atomic E-state index is 10.3. The summed E-state index contributed by atoms with van der Waals surface area (Å²) in [6.07, 6.45) is -0.954. The van der Waals surface area contributed by atoms with Crippen molar-refractivity contribution in [1.82, 2.24) is 5.06 Å². The van der Waals surface area contributed by atoms with Crippen LogP contribution >= 0.6 is 12.6 Å². The lowest BCUT2D eigenvalue weighted by atomic mass is 11.1. The summed E-state index contributed by atoms with van der Waals surface area (Å²) in [6.45, 7) is 0. The number of hydrogen-bond donors (Lipinski definition) is 1. The molecule has 0 saturated heterocycles. The van der Waals surface area contributed by atoms with Crippen molar-refractivity contribution in [2.45, 2.75) is 0 Å². The molecule has 0 aromatic rings. The van der Waals surface area contributed by atoms with Crippen LogP contribution in [0.4, 0.5) is 9.59 Å². The summed E-state index contributed by atoms with van der Waals surface area (Å²) in [5, 5.41) is -0.0278. The Morgan fingerprint density at radius 2 is 2.00 bits per heavy atom. The van der Waals surface area contributed by atoms with E-state index in [0.717, 1.165) is 7.11 Å². The SMILES string of the molecule is COC(=O)ON(C)C(=O)S. The Morgan fingerprint density at radius 1 is 1.50 bits per heavy atom. The Balaban J connectivity index is 3.68. The summed E-state index contributed by atoms with van der Waals surface area (Å²) >= 11 is 3.36. The van der Waals surface area contributed by atoms with Gasteiger partial charge in [0.2, 0.25) is 0 Å². The summed E-state index contributed by atoms with van der Waals surface area (Å²) < 4.78 is 4.08. The second-order valence-electron chi connectivity index (χ2n) is 1.33. The van der Waals surface area contributed by atoms with Gasteiger partial charge in [0.05, 0.1) is 7.11 Å². The van der Waals surface area contributed by atoms with Crippen molar-refractivity contribution in [3.8, 4) is 0 Å². The highest BCUT2D eigenvalue weighted by molar-refractivity contribution is 7.96. The van der Waals surface area contributed by atoms with Crippen LogP contribution in [0.15, 0.2) is 0 Å². The van der Waals surface area contributed by atoms with Gasteiger partial charge in [-0.25, -0.2) is 4.79 Å². The van der Waals surface area contributed by atoms with Crippen molar-refractivity contribution in [3.05, 3.63) is 0 Å².